The fraction of sp³-hybridized carbons (Fsp3) is 0.389. The maximum Gasteiger partial charge on any atom is 0.254 e. The first-order valence-corrected chi connectivity index (χ1v) is 8.44. The lowest BCUT2D eigenvalue weighted by molar-refractivity contribution is 0.0950. The summed E-state index contributed by atoms with van der Waals surface area (Å²) in [5.74, 6) is 0.939. The number of nitrogens with zero attached hydrogens (tertiary/aromatic N) is 1. The molecule has 0 unspecified atom stereocenters. The highest BCUT2D eigenvalue weighted by atomic mass is 32.1. The third-order valence-electron chi connectivity index (χ3n) is 3.44. The summed E-state index contributed by atoms with van der Waals surface area (Å²) in [5, 5.41) is 2.86. The molecule has 0 fully saturated rings. The van der Waals surface area contributed by atoms with E-state index in [-0.39, 0.29) is 12.0 Å². The molecule has 0 saturated heterocycles. The van der Waals surface area contributed by atoms with Crippen molar-refractivity contribution >= 4 is 18.1 Å². The number of carbonyl (C=O) groups is 1. The summed E-state index contributed by atoms with van der Waals surface area (Å²) < 4.78 is 6.26. The van der Waals surface area contributed by atoms with Gasteiger partial charge in [0, 0.05) is 25.0 Å². The summed E-state index contributed by atoms with van der Waals surface area (Å²) in [6.45, 7) is 6.74. The van der Waals surface area contributed by atoms with Crippen LogP contribution in [0.15, 0.2) is 36.7 Å². The normalized spacial score (nSPS) is 12.0. The molecule has 6 heteroatoms. The zero-order valence-electron chi connectivity index (χ0n) is 14.2. The fourth-order valence-corrected chi connectivity index (χ4v) is 2.65. The molecule has 2 rings (SSSR count). The summed E-state index contributed by atoms with van der Waals surface area (Å²) in [6.07, 6.45) is 4.46. The van der Waals surface area contributed by atoms with E-state index in [9.17, 15) is 4.79 Å². The molecule has 24 heavy (non-hydrogen) atoms. The number of carbonyl (C=O) groups excluding carboxylic acids is 1. The number of rotatable bonds is 7. The smallest absolute Gasteiger partial charge is 0.254 e. The number of hydrogen-bond donors (Lipinski definition) is 2. The molecule has 2 aromatic rings. The SMILES string of the molecule is CC(C)C[C@H](C)Oc1cc(CNC(=O)c2ccc[nH]c2=S)ccn1. The van der Waals surface area contributed by atoms with Crippen LogP contribution in [0.5, 0.6) is 5.88 Å². The summed E-state index contributed by atoms with van der Waals surface area (Å²) in [5.41, 5.74) is 1.39. The Morgan fingerprint density at radius 1 is 1.38 bits per heavy atom. The first-order valence-electron chi connectivity index (χ1n) is 8.03. The van der Waals surface area contributed by atoms with Gasteiger partial charge in [0.15, 0.2) is 0 Å². The van der Waals surface area contributed by atoms with E-state index < -0.39 is 0 Å². The number of ether oxygens (including phenoxy) is 1. The summed E-state index contributed by atoms with van der Waals surface area (Å²) >= 11 is 5.12. The van der Waals surface area contributed by atoms with E-state index in [1.807, 2.05) is 19.1 Å². The van der Waals surface area contributed by atoms with Gasteiger partial charge in [-0.15, -0.1) is 0 Å². The molecular weight excluding hydrogens is 322 g/mol. The average Bonchev–Trinajstić information content (AvgIpc) is 2.52. The second-order valence-corrected chi connectivity index (χ2v) is 6.56. The van der Waals surface area contributed by atoms with Gasteiger partial charge in [-0.05, 0) is 43.0 Å². The summed E-state index contributed by atoms with van der Waals surface area (Å²) in [7, 11) is 0. The lowest BCUT2D eigenvalue weighted by atomic mass is 10.1. The predicted molar refractivity (Wildman–Crippen MR) is 96.6 cm³/mol. The molecule has 0 aliphatic rings. The molecule has 0 aliphatic carbocycles. The molecule has 2 N–H and O–H groups in total. The minimum absolute atomic E-state index is 0.102. The molecule has 2 heterocycles. The fourth-order valence-electron chi connectivity index (χ4n) is 2.42. The van der Waals surface area contributed by atoms with E-state index in [0.717, 1.165) is 12.0 Å². The summed E-state index contributed by atoms with van der Waals surface area (Å²) in [6, 6.07) is 7.15. The van der Waals surface area contributed by atoms with Crippen molar-refractivity contribution in [2.24, 2.45) is 5.92 Å². The van der Waals surface area contributed by atoms with Gasteiger partial charge in [-0.1, -0.05) is 26.1 Å². The van der Waals surface area contributed by atoms with Gasteiger partial charge in [-0.2, -0.15) is 0 Å². The van der Waals surface area contributed by atoms with Crippen LogP contribution in [0.2, 0.25) is 0 Å². The Hall–Kier alpha value is -2.21. The van der Waals surface area contributed by atoms with Crippen molar-refractivity contribution in [2.75, 3.05) is 0 Å². The van der Waals surface area contributed by atoms with E-state index in [2.05, 4.69) is 29.1 Å². The molecule has 0 aromatic carbocycles. The highest BCUT2D eigenvalue weighted by Crippen LogP contribution is 2.15. The molecular formula is C18H23N3O2S. The number of pyridine rings is 2. The number of amides is 1. The number of hydrogen-bond acceptors (Lipinski definition) is 4. The average molecular weight is 345 g/mol. The lowest BCUT2D eigenvalue weighted by Gasteiger charge is -2.16. The van der Waals surface area contributed by atoms with Crippen LogP contribution in [-0.4, -0.2) is 22.0 Å². The monoisotopic (exact) mass is 345 g/mol. The van der Waals surface area contributed by atoms with Crippen molar-refractivity contribution in [3.8, 4) is 5.88 Å². The molecule has 128 valence electrons. The number of aromatic nitrogens is 2. The number of aromatic amines is 1. The lowest BCUT2D eigenvalue weighted by Crippen LogP contribution is -2.23. The molecule has 0 saturated carbocycles. The second-order valence-electron chi connectivity index (χ2n) is 6.16. The third kappa shape index (κ3) is 5.45. The third-order valence-corrected chi connectivity index (χ3v) is 3.78. The van der Waals surface area contributed by atoms with Gasteiger partial charge in [0.2, 0.25) is 5.88 Å². The van der Waals surface area contributed by atoms with Gasteiger partial charge >= 0.3 is 0 Å². The van der Waals surface area contributed by atoms with Crippen molar-refractivity contribution < 1.29 is 9.53 Å². The maximum absolute atomic E-state index is 12.2. The van der Waals surface area contributed by atoms with E-state index in [1.165, 1.54) is 0 Å². The Morgan fingerprint density at radius 3 is 2.88 bits per heavy atom. The maximum atomic E-state index is 12.2. The Labute approximate surface area is 147 Å². The van der Waals surface area contributed by atoms with Crippen LogP contribution in [-0.2, 0) is 6.54 Å². The van der Waals surface area contributed by atoms with Crippen molar-refractivity contribution in [3.63, 3.8) is 0 Å². The van der Waals surface area contributed by atoms with Crippen LogP contribution in [0.25, 0.3) is 0 Å². The first-order chi connectivity index (χ1) is 11.5. The Morgan fingerprint density at radius 2 is 2.17 bits per heavy atom. The molecule has 2 aromatic heterocycles. The van der Waals surface area contributed by atoms with Gasteiger partial charge < -0.3 is 15.0 Å². The number of H-pyrrole nitrogens is 1. The largest absolute Gasteiger partial charge is 0.475 e. The highest BCUT2D eigenvalue weighted by Gasteiger charge is 2.10. The second kappa shape index (κ2) is 8.59. The summed E-state index contributed by atoms with van der Waals surface area (Å²) in [4.78, 5) is 19.3. The van der Waals surface area contributed by atoms with Crippen molar-refractivity contribution in [1.29, 1.82) is 0 Å². The van der Waals surface area contributed by atoms with Crippen LogP contribution in [0.1, 0.15) is 43.1 Å². The molecule has 1 atom stereocenters. The minimum Gasteiger partial charge on any atom is -0.475 e. The van der Waals surface area contributed by atoms with Gasteiger partial charge in [-0.25, -0.2) is 4.98 Å². The number of nitrogens with one attached hydrogen (secondary N) is 2. The molecule has 0 bridgehead atoms. The topological polar surface area (TPSA) is 67.0 Å². The molecule has 5 nitrogen and oxygen atoms in total. The van der Waals surface area contributed by atoms with E-state index in [4.69, 9.17) is 17.0 Å². The molecule has 0 aliphatic heterocycles. The van der Waals surface area contributed by atoms with Crippen molar-refractivity contribution in [3.05, 3.63) is 52.4 Å². The highest BCUT2D eigenvalue weighted by molar-refractivity contribution is 7.71. The zero-order valence-corrected chi connectivity index (χ0v) is 15.0. The van der Waals surface area contributed by atoms with Gasteiger partial charge in [0.05, 0.1) is 11.7 Å². The molecule has 1 amide bonds. The van der Waals surface area contributed by atoms with Crippen LogP contribution < -0.4 is 10.1 Å². The Balaban J connectivity index is 1.96. The minimum atomic E-state index is -0.204. The van der Waals surface area contributed by atoms with Gasteiger partial charge in [0.1, 0.15) is 4.64 Å². The van der Waals surface area contributed by atoms with Gasteiger partial charge in [-0.3, -0.25) is 4.79 Å². The van der Waals surface area contributed by atoms with Crippen molar-refractivity contribution in [2.45, 2.75) is 39.8 Å². The molecule has 0 spiro atoms. The van der Waals surface area contributed by atoms with E-state index in [0.29, 0.717) is 28.5 Å². The van der Waals surface area contributed by atoms with Gasteiger partial charge in [0.25, 0.3) is 5.91 Å². The van der Waals surface area contributed by atoms with Crippen LogP contribution in [0, 0.1) is 10.6 Å². The standard InChI is InChI=1S/C18H23N3O2S/c1-12(2)9-13(3)23-16-10-14(6-8-19-16)11-21-17(22)15-5-4-7-20-18(15)24/h4-8,10,12-13H,9,11H2,1-3H3,(H,20,24)(H,21,22)/t13-/m0/s1. The van der Waals surface area contributed by atoms with E-state index >= 15 is 0 Å². The quantitative estimate of drug-likeness (QED) is 0.747. The Kier molecular flexibility index (Phi) is 6.49. The Bertz CT molecular complexity index is 743. The zero-order chi connectivity index (χ0) is 17.5. The van der Waals surface area contributed by atoms with Crippen molar-refractivity contribution in [1.82, 2.24) is 15.3 Å². The first kappa shape index (κ1) is 18.1. The predicted octanol–water partition coefficient (Wildman–Crippen LogP) is 3.88. The van der Waals surface area contributed by atoms with E-state index in [1.54, 1.807) is 24.5 Å². The van der Waals surface area contributed by atoms with Crippen LogP contribution in [0.4, 0.5) is 0 Å². The van der Waals surface area contributed by atoms with Crippen LogP contribution in [0.3, 0.4) is 0 Å². The van der Waals surface area contributed by atoms with Crippen LogP contribution >= 0.6 is 12.2 Å². The molecule has 0 radical (unpaired) electrons.